The Morgan fingerprint density at radius 1 is 1.33 bits per heavy atom. The van der Waals surface area contributed by atoms with E-state index in [0.29, 0.717) is 0 Å². The SMILES string of the molecule is C=CC(N)=O.N.N.O=P(O)(O)O. The number of carbonyl (C=O) groups is 1. The number of phosphoric acid groups is 1. The average Bonchev–Trinajstić information content (AvgIpc) is 1.61. The minimum absolute atomic E-state index is 0. The zero-order valence-electron chi connectivity index (χ0n) is 6.38. The van der Waals surface area contributed by atoms with Gasteiger partial charge in [-0.2, -0.15) is 0 Å². The van der Waals surface area contributed by atoms with E-state index in [0.717, 1.165) is 6.08 Å². The maximum absolute atomic E-state index is 9.47. The molecule has 0 saturated carbocycles. The highest BCUT2D eigenvalue weighted by Crippen LogP contribution is 2.25. The van der Waals surface area contributed by atoms with Gasteiger partial charge in [0.2, 0.25) is 5.91 Å². The van der Waals surface area contributed by atoms with Gasteiger partial charge in [-0.15, -0.1) is 0 Å². The van der Waals surface area contributed by atoms with E-state index in [9.17, 15) is 4.79 Å². The summed E-state index contributed by atoms with van der Waals surface area (Å²) in [4.78, 5) is 31.0. The summed E-state index contributed by atoms with van der Waals surface area (Å²) in [6.45, 7) is 3.09. The van der Waals surface area contributed by atoms with Gasteiger partial charge in [0.25, 0.3) is 0 Å². The zero-order valence-corrected chi connectivity index (χ0v) is 7.28. The molecule has 9 heteroatoms. The molecule has 0 aliphatic rings. The molecule has 12 heavy (non-hydrogen) atoms. The number of hydrogen-bond donors (Lipinski definition) is 6. The van der Waals surface area contributed by atoms with E-state index in [1.165, 1.54) is 0 Å². The van der Waals surface area contributed by atoms with Crippen LogP contribution in [0.15, 0.2) is 12.7 Å². The largest absolute Gasteiger partial charge is 0.466 e. The van der Waals surface area contributed by atoms with Crippen LogP contribution in [0.3, 0.4) is 0 Å². The van der Waals surface area contributed by atoms with Crippen molar-refractivity contribution in [2.45, 2.75) is 0 Å². The summed E-state index contributed by atoms with van der Waals surface area (Å²) in [5.74, 6) is -0.481. The van der Waals surface area contributed by atoms with Crippen molar-refractivity contribution in [1.29, 1.82) is 0 Å². The van der Waals surface area contributed by atoms with Gasteiger partial charge in [-0.1, -0.05) is 6.58 Å². The number of nitrogens with two attached hydrogens (primary N) is 1. The van der Waals surface area contributed by atoms with Gasteiger partial charge in [0.05, 0.1) is 0 Å². The predicted octanol–water partition coefficient (Wildman–Crippen LogP) is -0.947. The van der Waals surface area contributed by atoms with E-state index in [-0.39, 0.29) is 12.3 Å². The molecule has 8 nitrogen and oxygen atoms in total. The van der Waals surface area contributed by atoms with Crippen LogP contribution in [0.25, 0.3) is 0 Å². The fourth-order valence-electron chi connectivity index (χ4n) is 0. The Morgan fingerprint density at radius 3 is 1.42 bits per heavy atom. The monoisotopic (exact) mass is 203 g/mol. The lowest BCUT2D eigenvalue weighted by Crippen LogP contribution is -2.04. The van der Waals surface area contributed by atoms with Crippen LogP contribution in [0.4, 0.5) is 0 Å². The minimum atomic E-state index is -4.64. The molecule has 0 heterocycles. The lowest BCUT2D eigenvalue weighted by molar-refractivity contribution is -0.113. The number of carbonyl (C=O) groups excluding carboxylic acids is 1. The molecule has 0 atom stereocenters. The first-order chi connectivity index (χ1) is 4.27. The van der Waals surface area contributed by atoms with Crippen molar-refractivity contribution < 1.29 is 24.0 Å². The van der Waals surface area contributed by atoms with Crippen LogP contribution in [0.1, 0.15) is 0 Å². The lowest BCUT2D eigenvalue weighted by Gasteiger charge is -1.82. The topological polar surface area (TPSA) is 191 Å². The van der Waals surface area contributed by atoms with Crippen LogP contribution >= 0.6 is 7.82 Å². The highest BCUT2D eigenvalue weighted by atomic mass is 31.2. The standard InChI is InChI=1S/C3H5NO.2H3N.H3O4P/c1-2-3(4)5;;;1-5(2,3)4/h2H,1H2,(H2,4,5);2*1H3;(H3,1,2,3,4). The summed E-state index contributed by atoms with van der Waals surface area (Å²) < 4.78 is 8.88. The molecule has 0 aliphatic heterocycles. The van der Waals surface area contributed by atoms with Crippen LogP contribution in [-0.4, -0.2) is 20.6 Å². The zero-order chi connectivity index (χ0) is 8.78. The van der Waals surface area contributed by atoms with Crippen molar-refractivity contribution in [1.82, 2.24) is 12.3 Å². The summed E-state index contributed by atoms with van der Waals surface area (Å²) in [5, 5.41) is 0. The van der Waals surface area contributed by atoms with Crippen LogP contribution in [0, 0.1) is 0 Å². The van der Waals surface area contributed by atoms with Crippen molar-refractivity contribution in [2.75, 3.05) is 0 Å². The molecule has 0 aromatic rings. The smallest absolute Gasteiger partial charge is 0.366 e. The Morgan fingerprint density at radius 2 is 1.42 bits per heavy atom. The molecule has 1 amide bonds. The summed E-state index contributed by atoms with van der Waals surface area (Å²) >= 11 is 0. The molecule has 0 unspecified atom stereocenters. The molecule has 0 spiro atoms. The molecule has 11 N–H and O–H groups in total. The van der Waals surface area contributed by atoms with Gasteiger partial charge >= 0.3 is 7.82 Å². The fraction of sp³-hybridized carbons (Fsp3) is 0. The highest BCUT2D eigenvalue weighted by molar-refractivity contribution is 7.45. The summed E-state index contributed by atoms with van der Waals surface area (Å²) in [5.41, 5.74) is 4.53. The molecule has 0 rings (SSSR count). The van der Waals surface area contributed by atoms with E-state index in [1.54, 1.807) is 0 Å². The third-order valence-electron chi connectivity index (χ3n) is 0.201. The number of amides is 1. The normalized spacial score (nSPS) is 7.58. The van der Waals surface area contributed by atoms with Gasteiger partial charge in [0, 0.05) is 0 Å². The second-order valence-corrected chi connectivity index (χ2v) is 2.15. The predicted molar refractivity (Wildman–Crippen MR) is 43.7 cm³/mol. The summed E-state index contributed by atoms with van der Waals surface area (Å²) in [6, 6.07) is 0. The van der Waals surface area contributed by atoms with Gasteiger partial charge in [-0.25, -0.2) is 4.57 Å². The lowest BCUT2D eigenvalue weighted by atomic mass is 10.6. The van der Waals surface area contributed by atoms with Crippen molar-refractivity contribution in [3.63, 3.8) is 0 Å². The van der Waals surface area contributed by atoms with Gasteiger partial charge in [-0.3, -0.25) is 4.79 Å². The quantitative estimate of drug-likeness (QED) is 0.233. The fourth-order valence-corrected chi connectivity index (χ4v) is 0. The molecule has 0 fully saturated rings. The Hall–Kier alpha value is -0.760. The molecular weight excluding hydrogens is 189 g/mol. The van der Waals surface area contributed by atoms with E-state index >= 15 is 0 Å². The van der Waals surface area contributed by atoms with Crippen LogP contribution in [0.5, 0.6) is 0 Å². The molecule has 0 aliphatic carbocycles. The van der Waals surface area contributed by atoms with E-state index in [4.69, 9.17) is 19.2 Å². The van der Waals surface area contributed by atoms with Gasteiger partial charge < -0.3 is 32.7 Å². The second kappa shape index (κ2) is 10.2. The van der Waals surface area contributed by atoms with Crippen molar-refractivity contribution in [2.24, 2.45) is 5.73 Å². The first-order valence-electron chi connectivity index (χ1n) is 1.97. The van der Waals surface area contributed by atoms with E-state index in [1.807, 2.05) is 0 Å². The van der Waals surface area contributed by atoms with Crippen LogP contribution in [-0.2, 0) is 9.36 Å². The van der Waals surface area contributed by atoms with Crippen molar-refractivity contribution >= 4 is 13.7 Å². The average molecular weight is 203 g/mol. The third-order valence-corrected chi connectivity index (χ3v) is 0.201. The third kappa shape index (κ3) is 408. The highest BCUT2D eigenvalue weighted by Gasteiger charge is 2.00. The Labute approximate surface area is 69.5 Å². The molecule has 0 saturated heterocycles. The van der Waals surface area contributed by atoms with E-state index in [2.05, 4.69) is 12.3 Å². The first kappa shape index (κ1) is 22.5. The summed E-state index contributed by atoms with van der Waals surface area (Å²) in [6.07, 6.45) is 1.06. The molecule has 76 valence electrons. The maximum atomic E-state index is 9.47. The Bertz CT molecular complexity index is 157. The number of hydrogen-bond acceptors (Lipinski definition) is 4. The van der Waals surface area contributed by atoms with E-state index < -0.39 is 13.7 Å². The minimum Gasteiger partial charge on any atom is -0.366 e. The van der Waals surface area contributed by atoms with Gasteiger partial charge in [0.1, 0.15) is 0 Å². The molecule has 0 bridgehead atoms. The number of rotatable bonds is 1. The van der Waals surface area contributed by atoms with Crippen LogP contribution < -0.4 is 18.0 Å². The molecule has 0 aromatic carbocycles. The summed E-state index contributed by atoms with van der Waals surface area (Å²) in [7, 11) is -4.64. The molecule has 0 radical (unpaired) electrons. The Kier molecular flexibility index (Phi) is 19.2. The van der Waals surface area contributed by atoms with Gasteiger partial charge in [0.15, 0.2) is 0 Å². The first-order valence-corrected chi connectivity index (χ1v) is 3.54. The van der Waals surface area contributed by atoms with Crippen molar-refractivity contribution in [3.8, 4) is 0 Å². The van der Waals surface area contributed by atoms with Crippen molar-refractivity contribution in [3.05, 3.63) is 12.7 Å². The van der Waals surface area contributed by atoms with Gasteiger partial charge in [-0.05, 0) is 6.08 Å². The second-order valence-electron chi connectivity index (χ2n) is 1.12. The maximum Gasteiger partial charge on any atom is 0.466 e. The molecular formula is C3H14N3O5P. The Balaban J connectivity index is -0.0000000457. The van der Waals surface area contributed by atoms with Crippen LogP contribution in [0.2, 0.25) is 0 Å². The number of primary amides is 1. The molecule has 0 aromatic heterocycles.